The summed E-state index contributed by atoms with van der Waals surface area (Å²) in [6, 6.07) is 8.08. The van der Waals surface area contributed by atoms with Crippen molar-refractivity contribution in [2.24, 2.45) is 0 Å². The number of benzene rings is 1. The Bertz CT molecular complexity index is 322. The highest BCUT2D eigenvalue weighted by molar-refractivity contribution is 5.36. The molecule has 0 spiro atoms. The summed E-state index contributed by atoms with van der Waals surface area (Å²) in [7, 11) is 0. The molecule has 0 bridgehead atoms. The molecule has 0 saturated carbocycles. The minimum Gasteiger partial charge on any atom is -0.337 e. The first kappa shape index (κ1) is 11.5. The highest BCUT2D eigenvalue weighted by Gasteiger charge is 2.24. The summed E-state index contributed by atoms with van der Waals surface area (Å²) in [5, 5.41) is 0. The summed E-state index contributed by atoms with van der Waals surface area (Å²) in [5.74, 6) is 0.890. The Morgan fingerprint density at radius 2 is 1.88 bits per heavy atom. The van der Waals surface area contributed by atoms with Crippen molar-refractivity contribution < 1.29 is 9.78 Å². The van der Waals surface area contributed by atoms with E-state index in [4.69, 9.17) is 9.78 Å². The summed E-state index contributed by atoms with van der Waals surface area (Å²) in [6.07, 6.45) is 7.73. The van der Waals surface area contributed by atoms with Gasteiger partial charge in [-0.25, -0.2) is 0 Å². The molecule has 2 nitrogen and oxygen atoms in total. The zero-order chi connectivity index (χ0) is 11.2. The van der Waals surface area contributed by atoms with Gasteiger partial charge in [-0.05, 0) is 12.5 Å². The van der Waals surface area contributed by atoms with E-state index in [1.54, 1.807) is 0 Å². The maximum atomic E-state index is 5.33. The fourth-order valence-electron chi connectivity index (χ4n) is 2.12. The Balaban J connectivity index is 1.76. The van der Waals surface area contributed by atoms with Crippen molar-refractivity contribution >= 4 is 0 Å². The van der Waals surface area contributed by atoms with Gasteiger partial charge >= 0.3 is 0 Å². The fourth-order valence-corrected chi connectivity index (χ4v) is 2.12. The van der Waals surface area contributed by atoms with E-state index in [1.807, 2.05) is 18.2 Å². The molecular weight excluding hydrogens is 200 g/mol. The third-order valence-electron chi connectivity index (χ3n) is 3.09. The lowest BCUT2D eigenvalue weighted by atomic mass is 10.0. The van der Waals surface area contributed by atoms with Gasteiger partial charge in [-0.1, -0.05) is 57.2 Å². The van der Waals surface area contributed by atoms with Crippen molar-refractivity contribution in [2.75, 3.05) is 0 Å². The van der Waals surface area contributed by atoms with Gasteiger partial charge in [0.2, 0.25) is 0 Å². The van der Waals surface area contributed by atoms with Crippen molar-refractivity contribution in [3.8, 4) is 5.75 Å². The topological polar surface area (TPSA) is 18.5 Å². The van der Waals surface area contributed by atoms with E-state index < -0.39 is 0 Å². The van der Waals surface area contributed by atoms with Crippen LogP contribution in [0.4, 0.5) is 0 Å². The van der Waals surface area contributed by atoms with E-state index in [2.05, 4.69) is 13.0 Å². The third-order valence-corrected chi connectivity index (χ3v) is 3.09. The molecule has 0 amide bonds. The molecule has 0 saturated heterocycles. The Morgan fingerprint density at radius 3 is 2.75 bits per heavy atom. The quantitative estimate of drug-likeness (QED) is 0.522. The lowest BCUT2D eigenvalue weighted by Crippen LogP contribution is -1.97. The minimum atomic E-state index is 0.151. The molecule has 88 valence electrons. The van der Waals surface area contributed by atoms with Crippen LogP contribution in [-0.2, 0) is 4.89 Å². The van der Waals surface area contributed by atoms with Gasteiger partial charge in [-0.2, -0.15) is 4.89 Å². The number of unbranched alkanes of at least 4 members (excludes halogenated alkanes) is 4. The number of hydrogen-bond acceptors (Lipinski definition) is 2. The maximum Gasteiger partial charge on any atom is 0.171 e. The van der Waals surface area contributed by atoms with Crippen LogP contribution in [0.5, 0.6) is 5.75 Å². The molecule has 1 heterocycles. The molecule has 1 aliphatic heterocycles. The maximum absolute atomic E-state index is 5.33. The first-order valence-electron chi connectivity index (χ1n) is 6.34. The molecule has 0 aliphatic carbocycles. The highest BCUT2D eigenvalue weighted by Crippen LogP contribution is 2.37. The molecule has 1 aromatic rings. The lowest BCUT2D eigenvalue weighted by molar-refractivity contribution is -0.225. The predicted molar refractivity (Wildman–Crippen MR) is 64.3 cm³/mol. The van der Waals surface area contributed by atoms with E-state index in [0.29, 0.717) is 0 Å². The SMILES string of the molecule is CCCCCCCC1OOc2ccccc21. The summed E-state index contributed by atoms with van der Waals surface area (Å²) in [5.41, 5.74) is 1.21. The molecule has 0 fully saturated rings. The number of fused-ring (bicyclic) bond motifs is 1. The van der Waals surface area contributed by atoms with Crippen LogP contribution in [0.2, 0.25) is 0 Å². The summed E-state index contributed by atoms with van der Waals surface area (Å²) >= 11 is 0. The van der Waals surface area contributed by atoms with E-state index in [9.17, 15) is 0 Å². The van der Waals surface area contributed by atoms with E-state index in [1.165, 1.54) is 37.7 Å². The van der Waals surface area contributed by atoms with Crippen LogP contribution in [0.25, 0.3) is 0 Å². The molecule has 2 rings (SSSR count). The second kappa shape index (κ2) is 5.90. The number of para-hydroxylation sites is 1. The molecule has 1 aliphatic rings. The second-order valence-corrected chi connectivity index (χ2v) is 4.41. The van der Waals surface area contributed by atoms with Crippen LogP contribution in [0.1, 0.15) is 57.1 Å². The fraction of sp³-hybridized carbons (Fsp3) is 0.571. The Morgan fingerprint density at radius 1 is 1.06 bits per heavy atom. The van der Waals surface area contributed by atoms with Crippen molar-refractivity contribution in [1.29, 1.82) is 0 Å². The van der Waals surface area contributed by atoms with Gasteiger partial charge in [-0.15, -0.1) is 0 Å². The molecule has 1 aromatic carbocycles. The average molecular weight is 220 g/mol. The van der Waals surface area contributed by atoms with Gasteiger partial charge in [0.25, 0.3) is 0 Å². The van der Waals surface area contributed by atoms with Crippen LogP contribution in [-0.4, -0.2) is 0 Å². The Labute approximate surface area is 97.5 Å². The standard InChI is InChI=1S/C14H20O2/c1-2-3-4-5-6-10-13-12-9-7-8-11-14(12)16-15-13/h7-9,11,13H,2-6,10H2,1H3. The third kappa shape index (κ3) is 2.76. The Hall–Kier alpha value is -1.02. The van der Waals surface area contributed by atoms with Gasteiger partial charge in [0, 0.05) is 5.56 Å². The van der Waals surface area contributed by atoms with E-state index in [0.717, 1.165) is 12.2 Å². The first-order chi connectivity index (χ1) is 7.92. The van der Waals surface area contributed by atoms with Gasteiger partial charge in [0.15, 0.2) is 5.75 Å². The molecule has 16 heavy (non-hydrogen) atoms. The van der Waals surface area contributed by atoms with Crippen molar-refractivity contribution in [2.45, 2.75) is 51.6 Å². The van der Waals surface area contributed by atoms with Gasteiger partial charge in [0.1, 0.15) is 6.10 Å². The zero-order valence-electron chi connectivity index (χ0n) is 9.95. The van der Waals surface area contributed by atoms with Crippen LogP contribution in [0.15, 0.2) is 24.3 Å². The van der Waals surface area contributed by atoms with Crippen LogP contribution in [0.3, 0.4) is 0 Å². The molecule has 0 N–H and O–H groups in total. The average Bonchev–Trinajstić information content (AvgIpc) is 2.73. The second-order valence-electron chi connectivity index (χ2n) is 4.41. The van der Waals surface area contributed by atoms with E-state index >= 15 is 0 Å². The largest absolute Gasteiger partial charge is 0.337 e. The summed E-state index contributed by atoms with van der Waals surface area (Å²) in [6.45, 7) is 2.24. The normalized spacial score (nSPS) is 18.2. The molecule has 1 unspecified atom stereocenters. The highest BCUT2D eigenvalue weighted by atomic mass is 17.2. The number of rotatable bonds is 6. The monoisotopic (exact) mass is 220 g/mol. The smallest absolute Gasteiger partial charge is 0.171 e. The molecule has 0 radical (unpaired) electrons. The summed E-state index contributed by atoms with van der Waals surface area (Å²) < 4.78 is 0. The lowest BCUT2D eigenvalue weighted by Gasteiger charge is -2.06. The van der Waals surface area contributed by atoms with Crippen molar-refractivity contribution in [3.63, 3.8) is 0 Å². The van der Waals surface area contributed by atoms with Crippen molar-refractivity contribution in [3.05, 3.63) is 29.8 Å². The van der Waals surface area contributed by atoms with Gasteiger partial charge in [-0.3, -0.25) is 0 Å². The molecule has 0 aromatic heterocycles. The summed E-state index contributed by atoms with van der Waals surface area (Å²) in [4.78, 5) is 10.5. The molecule has 1 atom stereocenters. The molecule has 2 heteroatoms. The number of hydrogen-bond donors (Lipinski definition) is 0. The first-order valence-corrected chi connectivity index (χ1v) is 6.34. The van der Waals surface area contributed by atoms with Gasteiger partial charge in [0.05, 0.1) is 0 Å². The van der Waals surface area contributed by atoms with Crippen LogP contribution >= 0.6 is 0 Å². The molecular formula is C14H20O2. The van der Waals surface area contributed by atoms with E-state index in [-0.39, 0.29) is 6.10 Å². The predicted octanol–water partition coefficient (Wildman–Crippen LogP) is 4.41. The zero-order valence-corrected chi connectivity index (χ0v) is 9.95. The van der Waals surface area contributed by atoms with Crippen molar-refractivity contribution in [1.82, 2.24) is 0 Å². The minimum absolute atomic E-state index is 0.151. The van der Waals surface area contributed by atoms with Crippen LogP contribution < -0.4 is 4.89 Å². The van der Waals surface area contributed by atoms with Crippen LogP contribution in [0, 0.1) is 0 Å². The van der Waals surface area contributed by atoms with Gasteiger partial charge < -0.3 is 4.89 Å². The Kier molecular flexibility index (Phi) is 4.23.